The number of carbonyl (C=O) groups excluding carboxylic acids is 1. The lowest BCUT2D eigenvalue weighted by molar-refractivity contribution is -0.128. The molecule has 1 unspecified atom stereocenters. The van der Waals surface area contributed by atoms with Gasteiger partial charge in [-0.3, -0.25) is 4.79 Å². The first kappa shape index (κ1) is 12.5. The summed E-state index contributed by atoms with van der Waals surface area (Å²) in [7, 11) is 3.58. The van der Waals surface area contributed by atoms with Crippen LogP contribution in [0, 0.1) is 5.92 Å². The molecule has 1 rings (SSSR count). The predicted octanol–water partition coefficient (Wildman–Crippen LogP) is 0.169. The Morgan fingerprint density at radius 3 is 2.80 bits per heavy atom. The molecule has 0 aromatic carbocycles. The number of aliphatic hydroxyl groups excluding tert-OH is 1. The van der Waals surface area contributed by atoms with Gasteiger partial charge >= 0.3 is 0 Å². The normalized spacial score (nSPS) is 21.9. The molecule has 88 valence electrons. The third-order valence-electron chi connectivity index (χ3n) is 2.99. The van der Waals surface area contributed by atoms with E-state index in [1.54, 1.807) is 19.0 Å². The van der Waals surface area contributed by atoms with Gasteiger partial charge in [-0.25, -0.2) is 0 Å². The fraction of sp³-hybridized carbons (Fsp3) is 0.909. The SMILES string of the molecule is CN(C)C(=O)CCCN1CCC(CO)C1. The number of hydrogen-bond donors (Lipinski definition) is 1. The number of carbonyl (C=O) groups is 1. The van der Waals surface area contributed by atoms with Gasteiger partial charge in [0.1, 0.15) is 0 Å². The molecule has 0 saturated carbocycles. The van der Waals surface area contributed by atoms with Crippen LogP contribution in [0.25, 0.3) is 0 Å². The largest absolute Gasteiger partial charge is 0.396 e. The van der Waals surface area contributed by atoms with E-state index < -0.39 is 0 Å². The number of aliphatic hydroxyl groups is 1. The van der Waals surface area contributed by atoms with Gasteiger partial charge < -0.3 is 14.9 Å². The number of likely N-dealkylation sites (tertiary alicyclic amines) is 1. The van der Waals surface area contributed by atoms with E-state index in [9.17, 15) is 4.79 Å². The Morgan fingerprint density at radius 1 is 1.53 bits per heavy atom. The summed E-state index contributed by atoms with van der Waals surface area (Å²) in [6.45, 7) is 3.34. The molecule has 1 aliphatic rings. The summed E-state index contributed by atoms with van der Waals surface area (Å²) in [5.74, 6) is 0.655. The average Bonchev–Trinajstić information content (AvgIpc) is 2.65. The van der Waals surface area contributed by atoms with Crippen LogP contribution < -0.4 is 0 Å². The van der Waals surface area contributed by atoms with Crippen LogP contribution in [-0.2, 0) is 4.79 Å². The van der Waals surface area contributed by atoms with Crippen LogP contribution in [-0.4, -0.2) is 61.2 Å². The van der Waals surface area contributed by atoms with Crippen molar-refractivity contribution in [2.45, 2.75) is 19.3 Å². The van der Waals surface area contributed by atoms with E-state index in [2.05, 4.69) is 4.90 Å². The maximum Gasteiger partial charge on any atom is 0.222 e. The zero-order chi connectivity index (χ0) is 11.3. The lowest BCUT2D eigenvalue weighted by Crippen LogP contribution is -2.26. The minimum atomic E-state index is 0.202. The van der Waals surface area contributed by atoms with E-state index in [1.807, 2.05) is 0 Å². The zero-order valence-corrected chi connectivity index (χ0v) is 9.78. The highest BCUT2D eigenvalue weighted by Crippen LogP contribution is 2.15. The molecule has 0 aromatic rings. The molecule has 4 nitrogen and oxygen atoms in total. The van der Waals surface area contributed by atoms with Crippen molar-refractivity contribution < 1.29 is 9.90 Å². The summed E-state index contributed by atoms with van der Waals surface area (Å²) in [4.78, 5) is 15.3. The van der Waals surface area contributed by atoms with Crippen molar-refractivity contribution in [1.82, 2.24) is 9.80 Å². The van der Waals surface area contributed by atoms with Crippen LogP contribution in [0.5, 0.6) is 0 Å². The Bertz CT molecular complexity index is 207. The third kappa shape index (κ3) is 4.18. The van der Waals surface area contributed by atoms with Gasteiger partial charge in [0.25, 0.3) is 0 Å². The molecular weight excluding hydrogens is 192 g/mol. The molecule has 1 atom stereocenters. The van der Waals surface area contributed by atoms with Crippen LogP contribution in [0.3, 0.4) is 0 Å². The standard InChI is InChI=1S/C11H22N2O2/c1-12(2)11(15)4-3-6-13-7-5-10(8-13)9-14/h10,14H,3-9H2,1-2H3. The molecule has 0 spiro atoms. The van der Waals surface area contributed by atoms with Gasteiger partial charge in [-0.1, -0.05) is 0 Å². The topological polar surface area (TPSA) is 43.8 Å². The molecule has 4 heteroatoms. The summed E-state index contributed by atoms with van der Waals surface area (Å²) in [5.41, 5.74) is 0. The molecule has 1 saturated heterocycles. The molecule has 0 bridgehead atoms. The second-order valence-electron chi connectivity index (χ2n) is 4.53. The van der Waals surface area contributed by atoms with Gasteiger partial charge in [0.15, 0.2) is 0 Å². The Hall–Kier alpha value is -0.610. The fourth-order valence-electron chi connectivity index (χ4n) is 1.94. The van der Waals surface area contributed by atoms with Crippen molar-refractivity contribution in [3.05, 3.63) is 0 Å². The summed E-state index contributed by atoms with van der Waals surface area (Å²) in [5, 5.41) is 8.98. The van der Waals surface area contributed by atoms with Crippen LogP contribution in [0.15, 0.2) is 0 Å². The molecule has 0 aromatic heterocycles. The highest BCUT2D eigenvalue weighted by molar-refractivity contribution is 5.75. The smallest absolute Gasteiger partial charge is 0.222 e. The fourth-order valence-corrected chi connectivity index (χ4v) is 1.94. The van der Waals surface area contributed by atoms with E-state index >= 15 is 0 Å². The van der Waals surface area contributed by atoms with Gasteiger partial charge in [-0.05, 0) is 31.8 Å². The lowest BCUT2D eigenvalue weighted by Gasteiger charge is -2.16. The molecule has 1 aliphatic heterocycles. The number of nitrogens with zero attached hydrogens (tertiary/aromatic N) is 2. The molecule has 15 heavy (non-hydrogen) atoms. The maximum absolute atomic E-state index is 11.3. The first-order chi connectivity index (χ1) is 7.13. The number of hydrogen-bond acceptors (Lipinski definition) is 3. The second-order valence-corrected chi connectivity index (χ2v) is 4.53. The lowest BCUT2D eigenvalue weighted by atomic mass is 10.1. The Morgan fingerprint density at radius 2 is 2.27 bits per heavy atom. The molecule has 1 fully saturated rings. The first-order valence-electron chi connectivity index (χ1n) is 5.67. The third-order valence-corrected chi connectivity index (χ3v) is 2.99. The van der Waals surface area contributed by atoms with E-state index in [1.165, 1.54) is 0 Å². The molecular formula is C11H22N2O2. The zero-order valence-electron chi connectivity index (χ0n) is 9.78. The van der Waals surface area contributed by atoms with Crippen molar-refractivity contribution in [2.24, 2.45) is 5.92 Å². The highest BCUT2D eigenvalue weighted by atomic mass is 16.3. The van der Waals surface area contributed by atoms with E-state index in [0.29, 0.717) is 18.9 Å². The van der Waals surface area contributed by atoms with Crippen LogP contribution in [0.1, 0.15) is 19.3 Å². The minimum absolute atomic E-state index is 0.202. The second kappa shape index (κ2) is 6.08. The van der Waals surface area contributed by atoms with Gasteiger partial charge in [0, 0.05) is 33.7 Å². The molecule has 1 amide bonds. The molecule has 1 heterocycles. The van der Waals surface area contributed by atoms with Gasteiger partial charge in [0.2, 0.25) is 5.91 Å². The molecule has 0 radical (unpaired) electrons. The minimum Gasteiger partial charge on any atom is -0.396 e. The average molecular weight is 214 g/mol. The van der Waals surface area contributed by atoms with Gasteiger partial charge in [-0.15, -0.1) is 0 Å². The van der Waals surface area contributed by atoms with Crippen LogP contribution in [0.2, 0.25) is 0 Å². The van der Waals surface area contributed by atoms with Crippen molar-refractivity contribution in [3.8, 4) is 0 Å². The Labute approximate surface area is 91.9 Å². The van der Waals surface area contributed by atoms with E-state index in [0.717, 1.165) is 32.5 Å². The predicted molar refractivity (Wildman–Crippen MR) is 59.6 cm³/mol. The maximum atomic E-state index is 11.3. The van der Waals surface area contributed by atoms with E-state index in [-0.39, 0.29) is 5.91 Å². The number of rotatable bonds is 5. The van der Waals surface area contributed by atoms with Gasteiger partial charge in [-0.2, -0.15) is 0 Å². The van der Waals surface area contributed by atoms with E-state index in [4.69, 9.17) is 5.11 Å². The molecule has 0 aliphatic carbocycles. The van der Waals surface area contributed by atoms with Crippen molar-refractivity contribution in [2.75, 3.05) is 40.3 Å². The van der Waals surface area contributed by atoms with Crippen LogP contribution >= 0.6 is 0 Å². The monoisotopic (exact) mass is 214 g/mol. The van der Waals surface area contributed by atoms with Gasteiger partial charge in [0.05, 0.1) is 0 Å². The highest BCUT2D eigenvalue weighted by Gasteiger charge is 2.21. The van der Waals surface area contributed by atoms with Crippen LogP contribution in [0.4, 0.5) is 0 Å². The summed E-state index contributed by atoms with van der Waals surface area (Å²) in [6, 6.07) is 0. The molecule has 1 N–H and O–H groups in total. The summed E-state index contributed by atoms with van der Waals surface area (Å²) >= 11 is 0. The van der Waals surface area contributed by atoms with Crippen molar-refractivity contribution in [3.63, 3.8) is 0 Å². The quantitative estimate of drug-likeness (QED) is 0.709. The number of amides is 1. The summed E-state index contributed by atoms with van der Waals surface area (Å²) < 4.78 is 0. The Kier molecular flexibility index (Phi) is 5.05. The first-order valence-corrected chi connectivity index (χ1v) is 5.67. The summed E-state index contributed by atoms with van der Waals surface area (Å²) in [6.07, 6.45) is 2.65. The Balaban J connectivity index is 2.09. The van der Waals surface area contributed by atoms with Crippen molar-refractivity contribution >= 4 is 5.91 Å². The van der Waals surface area contributed by atoms with Crippen molar-refractivity contribution in [1.29, 1.82) is 0 Å².